The van der Waals surface area contributed by atoms with Crippen LogP contribution in [-0.2, 0) is 4.79 Å². The van der Waals surface area contributed by atoms with Crippen LogP contribution in [0.15, 0.2) is 60.2 Å². The van der Waals surface area contributed by atoms with Crippen molar-refractivity contribution < 1.29 is 4.79 Å². The number of nitrogens with one attached hydrogen (secondary N) is 1. The number of aryl methyl sites for hydroxylation is 1. The number of nitrogens with zero attached hydrogens (tertiary/aromatic N) is 2. The molecule has 0 radical (unpaired) electrons. The second kappa shape index (κ2) is 8.03. The number of aromatic nitrogens is 1. The van der Waals surface area contributed by atoms with Crippen LogP contribution in [0, 0.1) is 18.3 Å². The highest BCUT2D eigenvalue weighted by atomic mass is 35.5. The first kappa shape index (κ1) is 18.6. The second-order valence-electron chi connectivity index (χ2n) is 6.29. The molecule has 1 atom stereocenters. The van der Waals surface area contributed by atoms with E-state index >= 15 is 0 Å². The summed E-state index contributed by atoms with van der Waals surface area (Å²) in [5, 5.41) is 13.4. The van der Waals surface area contributed by atoms with E-state index in [1.807, 2.05) is 74.5 Å². The molecule has 0 fully saturated rings. The lowest BCUT2D eigenvalue weighted by Gasteiger charge is -2.14. The predicted molar refractivity (Wildman–Crippen MR) is 108 cm³/mol. The van der Waals surface area contributed by atoms with Gasteiger partial charge in [-0.3, -0.25) is 4.79 Å². The summed E-state index contributed by atoms with van der Waals surface area (Å²) in [5.74, 6) is -0.450. The van der Waals surface area contributed by atoms with Crippen LogP contribution in [-0.4, -0.2) is 10.9 Å². The highest BCUT2D eigenvalue weighted by molar-refractivity contribution is 6.31. The van der Waals surface area contributed by atoms with Crippen molar-refractivity contribution in [1.82, 2.24) is 10.3 Å². The van der Waals surface area contributed by atoms with Crippen molar-refractivity contribution in [3.05, 3.63) is 82.0 Å². The van der Waals surface area contributed by atoms with E-state index in [0.717, 1.165) is 22.0 Å². The summed E-state index contributed by atoms with van der Waals surface area (Å²) in [6.07, 6.45) is 1.48. The van der Waals surface area contributed by atoms with Crippen LogP contribution in [0.3, 0.4) is 0 Å². The Morgan fingerprint density at radius 2 is 1.96 bits per heavy atom. The van der Waals surface area contributed by atoms with Gasteiger partial charge in [-0.1, -0.05) is 60.1 Å². The summed E-state index contributed by atoms with van der Waals surface area (Å²) in [6.45, 7) is 3.83. The molecule has 134 valence electrons. The maximum atomic E-state index is 12.5. The highest BCUT2D eigenvalue weighted by Crippen LogP contribution is 2.25. The number of fused-ring (bicyclic) bond motifs is 1. The van der Waals surface area contributed by atoms with Crippen molar-refractivity contribution in [3.8, 4) is 6.07 Å². The summed E-state index contributed by atoms with van der Waals surface area (Å²) in [7, 11) is 0. The van der Waals surface area contributed by atoms with Crippen molar-refractivity contribution in [3.63, 3.8) is 0 Å². The average molecular weight is 376 g/mol. The van der Waals surface area contributed by atoms with Crippen molar-refractivity contribution >= 4 is 34.5 Å². The average Bonchev–Trinajstić information content (AvgIpc) is 2.67. The molecule has 0 aliphatic rings. The molecule has 0 saturated heterocycles. The van der Waals surface area contributed by atoms with Crippen LogP contribution in [0.2, 0.25) is 5.15 Å². The lowest BCUT2D eigenvalue weighted by molar-refractivity contribution is -0.117. The Morgan fingerprint density at radius 3 is 2.67 bits per heavy atom. The Kier molecular flexibility index (Phi) is 5.54. The van der Waals surface area contributed by atoms with Gasteiger partial charge in [0.25, 0.3) is 5.91 Å². The molecular weight excluding hydrogens is 358 g/mol. The lowest BCUT2D eigenvalue weighted by Crippen LogP contribution is -2.27. The van der Waals surface area contributed by atoms with E-state index in [0.29, 0.717) is 5.56 Å². The molecule has 0 spiro atoms. The van der Waals surface area contributed by atoms with E-state index in [1.165, 1.54) is 6.08 Å². The first-order valence-corrected chi connectivity index (χ1v) is 8.91. The maximum Gasteiger partial charge on any atom is 0.262 e. The molecule has 0 aliphatic carbocycles. The van der Waals surface area contributed by atoms with E-state index in [1.54, 1.807) is 0 Å². The highest BCUT2D eigenvalue weighted by Gasteiger charge is 2.15. The van der Waals surface area contributed by atoms with Gasteiger partial charge in [-0.2, -0.15) is 5.26 Å². The Balaban J connectivity index is 1.90. The Bertz CT molecular complexity index is 1070. The molecule has 0 bridgehead atoms. The summed E-state index contributed by atoms with van der Waals surface area (Å²) in [4.78, 5) is 16.9. The van der Waals surface area contributed by atoms with Gasteiger partial charge in [0.1, 0.15) is 16.8 Å². The molecule has 1 N–H and O–H groups in total. The monoisotopic (exact) mass is 375 g/mol. The van der Waals surface area contributed by atoms with E-state index in [2.05, 4.69) is 10.3 Å². The van der Waals surface area contributed by atoms with Crippen molar-refractivity contribution in [2.45, 2.75) is 19.9 Å². The fourth-order valence-electron chi connectivity index (χ4n) is 2.85. The standard InChI is InChI=1S/C22H18ClN3O/c1-14-7-6-10-17-11-18(21(23)26-20(14)17)12-19(13-24)22(27)25-15(2)16-8-4-3-5-9-16/h3-12,15H,1-2H3,(H,25,27)/b19-12+/t15-/m0/s1. The largest absolute Gasteiger partial charge is 0.345 e. The Morgan fingerprint density at radius 1 is 1.22 bits per heavy atom. The number of rotatable bonds is 4. The van der Waals surface area contributed by atoms with Gasteiger partial charge in [0.05, 0.1) is 11.6 Å². The first-order valence-electron chi connectivity index (χ1n) is 8.53. The number of hydrogen-bond acceptors (Lipinski definition) is 3. The minimum atomic E-state index is -0.450. The van der Waals surface area contributed by atoms with Crippen LogP contribution in [0.1, 0.15) is 29.7 Å². The van der Waals surface area contributed by atoms with Crippen molar-refractivity contribution in [1.29, 1.82) is 5.26 Å². The first-order chi connectivity index (χ1) is 13.0. The summed E-state index contributed by atoms with van der Waals surface area (Å²) >= 11 is 6.29. The number of carbonyl (C=O) groups is 1. The molecule has 1 amide bonds. The molecule has 1 heterocycles. The van der Waals surface area contributed by atoms with Gasteiger partial charge in [-0.05, 0) is 37.1 Å². The number of carbonyl (C=O) groups excluding carboxylic acids is 1. The molecular formula is C22H18ClN3O. The Hall–Kier alpha value is -3.16. The lowest BCUT2D eigenvalue weighted by atomic mass is 10.1. The molecule has 5 heteroatoms. The van der Waals surface area contributed by atoms with Gasteiger partial charge in [-0.25, -0.2) is 4.98 Å². The van der Waals surface area contributed by atoms with Gasteiger partial charge >= 0.3 is 0 Å². The molecule has 27 heavy (non-hydrogen) atoms. The van der Waals surface area contributed by atoms with Gasteiger partial charge in [-0.15, -0.1) is 0 Å². The third kappa shape index (κ3) is 4.16. The van der Waals surface area contributed by atoms with Crippen LogP contribution >= 0.6 is 11.6 Å². The van der Waals surface area contributed by atoms with E-state index < -0.39 is 5.91 Å². The zero-order valence-corrected chi connectivity index (χ0v) is 15.8. The zero-order chi connectivity index (χ0) is 19.4. The third-order valence-corrected chi connectivity index (χ3v) is 4.64. The number of para-hydroxylation sites is 1. The van der Waals surface area contributed by atoms with Gasteiger partial charge < -0.3 is 5.32 Å². The van der Waals surface area contributed by atoms with Gasteiger partial charge in [0, 0.05) is 10.9 Å². The van der Waals surface area contributed by atoms with Gasteiger partial charge in [0.15, 0.2) is 0 Å². The fraction of sp³-hybridized carbons (Fsp3) is 0.136. The molecule has 3 aromatic rings. The smallest absolute Gasteiger partial charge is 0.262 e. The quantitative estimate of drug-likeness (QED) is 0.397. The number of hydrogen-bond donors (Lipinski definition) is 1. The fourth-order valence-corrected chi connectivity index (χ4v) is 3.04. The number of pyridine rings is 1. The molecule has 3 rings (SSSR count). The van der Waals surface area contributed by atoms with Crippen LogP contribution in [0.25, 0.3) is 17.0 Å². The molecule has 0 aliphatic heterocycles. The SMILES string of the molecule is Cc1cccc2cc(/C=C(\C#N)C(=O)N[C@@H](C)c3ccccc3)c(Cl)nc12. The summed E-state index contributed by atoms with van der Waals surface area (Å²) < 4.78 is 0. The zero-order valence-electron chi connectivity index (χ0n) is 15.0. The van der Waals surface area contributed by atoms with E-state index in [9.17, 15) is 10.1 Å². The molecule has 0 unspecified atom stereocenters. The molecule has 2 aromatic carbocycles. The van der Waals surface area contributed by atoms with Crippen molar-refractivity contribution in [2.24, 2.45) is 0 Å². The minimum absolute atomic E-state index is 0.0199. The van der Waals surface area contributed by atoms with Crippen LogP contribution in [0.4, 0.5) is 0 Å². The van der Waals surface area contributed by atoms with Gasteiger partial charge in [0.2, 0.25) is 0 Å². The normalized spacial score (nSPS) is 12.4. The number of amides is 1. The molecule has 0 saturated carbocycles. The molecule has 4 nitrogen and oxygen atoms in total. The van der Waals surface area contributed by atoms with E-state index in [4.69, 9.17) is 11.6 Å². The van der Waals surface area contributed by atoms with Crippen LogP contribution < -0.4 is 5.32 Å². The van der Waals surface area contributed by atoms with Crippen LogP contribution in [0.5, 0.6) is 0 Å². The third-order valence-electron chi connectivity index (χ3n) is 4.34. The predicted octanol–water partition coefficient (Wildman–Crippen LogP) is 4.98. The number of nitriles is 1. The minimum Gasteiger partial charge on any atom is -0.345 e. The number of halogens is 1. The Labute approximate surface area is 163 Å². The van der Waals surface area contributed by atoms with Crippen molar-refractivity contribution in [2.75, 3.05) is 0 Å². The number of benzene rings is 2. The maximum absolute atomic E-state index is 12.5. The topological polar surface area (TPSA) is 65.8 Å². The molecule has 1 aromatic heterocycles. The van der Waals surface area contributed by atoms with E-state index in [-0.39, 0.29) is 16.8 Å². The second-order valence-corrected chi connectivity index (χ2v) is 6.65. The summed E-state index contributed by atoms with van der Waals surface area (Å²) in [5.41, 5.74) is 3.30. The summed E-state index contributed by atoms with van der Waals surface area (Å²) in [6, 6.07) is 19.0.